The van der Waals surface area contributed by atoms with Gasteiger partial charge in [0.1, 0.15) is 0 Å². The Hall–Kier alpha value is -1.69. The third kappa shape index (κ3) is 3.50. The van der Waals surface area contributed by atoms with E-state index in [4.69, 9.17) is 9.47 Å². The lowest BCUT2D eigenvalue weighted by molar-refractivity contribution is -0.116. The Morgan fingerprint density at radius 1 is 1.32 bits per heavy atom. The molecule has 25 heavy (non-hydrogen) atoms. The summed E-state index contributed by atoms with van der Waals surface area (Å²) in [5, 5.41) is 0. The summed E-state index contributed by atoms with van der Waals surface area (Å²) in [5.41, 5.74) is 3.88. The molecule has 2 aromatic rings. The Morgan fingerprint density at radius 3 is 3.00 bits per heavy atom. The van der Waals surface area contributed by atoms with Crippen molar-refractivity contribution >= 4 is 0 Å². The number of benzene rings is 1. The van der Waals surface area contributed by atoms with Crippen molar-refractivity contribution < 1.29 is 9.47 Å². The van der Waals surface area contributed by atoms with Gasteiger partial charge in [-0.05, 0) is 49.4 Å². The molecule has 0 radical (unpaired) electrons. The fourth-order valence-corrected chi connectivity index (χ4v) is 4.21. The summed E-state index contributed by atoms with van der Waals surface area (Å²) in [6.45, 7) is 5.02. The van der Waals surface area contributed by atoms with Gasteiger partial charge in [-0.3, -0.25) is 4.90 Å². The van der Waals surface area contributed by atoms with Crippen LogP contribution in [0.3, 0.4) is 0 Å². The molecule has 5 nitrogen and oxygen atoms in total. The van der Waals surface area contributed by atoms with E-state index in [2.05, 4.69) is 35.0 Å². The summed E-state index contributed by atoms with van der Waals surface area (Å²) in [5.74, 6) is 0. The van der Waals surface area contributed by atoms with E-state index in [1.807, 2.05) is 30.4 Å². The monoisotopic (exact) mass is 341 g/mol. The molecule has 1 aliphatic heterocycles. The number of methoxy groups -OCH3 is 1. The van der Waals surface area contributed by atoms with Crippen molar-refractivity contribution in [3.05, 3.63) is 48.0 Å². The van der Waals surface area contributed by atoms with Crippen LogP contribution in [-0.4, -0.2) is 53.0 Å². The third-order valence-corrected chi connectivity index (χ3v) is 5.72. The number of hydrogen-bond donors (Lipinski definition) is 0. The molecule has 1 aliphatic carbocycles. The van der Waals surface area contributed by atoms with Gasteiger partial charge in [-0.15, -0.1) is 0 Å². The van der Waals surface area contributed by atoms with Crippen LogP contribution in [0.2, 0.25) is 0 Å². The predicted molar refractivity (Wildman–Crippen MR) is 96.9 cm³/mol. The molecule has 3 atom stereocenters. The molecular weight excluding hydrogens is 314 g/mol. The molecule has 2 heterocycles. The zero-order valence-electron chi connectivity index (χ0n) is 15.1. The molecule has 0 N–H and O–H groups in total. The largest absolute Gasteiger partial charge is 0.381 e. The van der Waals surface area contributed by atoms with E-state index < -0.39 is 0 Å². The van der Waals surface area contributed by atoms with Crippen molar-refractivity contribution in [3.8, 4) is 5.69 Å². The van der Waals surface area contributed by atoms with Crippen LogP contribution >= 0.6 is 0 Å². The summed E-state index contributed by atoms with van der Waals surface area (Å²) in [7, 11) is 1.83. The number of nitrogens with zero attached hydrogens (tertiary/aromatic N) is 3. The molecule has 1 saturated heterocycles. The molecule has 5 heteroatoms. The van der Waals surface area contributed by atoms with Gasteiger partial charge < -0.3 is 14.0 Å². The number of aromatic nitrogens is 2. The molecule has 1 saturated carbocycles. The number of hydrogen-bond acceptors (Lipinski definition) is 4. The first-order chi connectivity index (χ1) is 12.2. The summed E-state index contributed by atoms with van der Waals surface area (Å²) in [4.78, 5) is 6.73. The number of fused-ring (bicyclic) bond motifs is 1. The summed E-state index contributed by atoms with van der Waals surface area (Å²) >= 11 is 0. The second-order valence-corrected chi connectivity index (χ2v) is 7.20. The average Bonchev–Trinajstić information content (AvgIpc) is 3.18. The maximum atomic E-state index is 6.03. The first-order valence-corrected chi connectivity index (χ1v) is 9.21. The van der Waals surface area contributed by atoms with Gasteiger partial charge in [0.2, 0.25) is 0 Å². The second kappa shape index (κ2) is 7.28. The Morgan fingerprint density at radius 2 is 2.24 bits per heavy atom. The molecule has 134 valence electrons. The number of rotatable bonds is 4. The molecule has 2 aliphatic rings. The highest BCUT2D eigenvalue weighted by molar-refractivity contribution is 5.40. The maximum absolute atomic E-state index is 6.03. The lowest BCUT2D eigenvalue weighted by atomic mass is 9.87. The lowest BCUT2D eigenvalue weighted by Gasteiger charge is -2.45. The minimum atomic E-state index is 0.366. The van der Waals surface area contributed by atoms with Crippen molar-refractivity contribution in [1.29, 1.82) is 0 Å². The quantitative estimate of drug-likeness (QED) is 0.857. The molecule has 1 aromatic carbocycles. The predicted octanol–water partition coefficient (Wildman–Crippen LogP) is 2.95. The van der Waals surface area contributed by atoms with Gasteiger partial charge in [-0.1, -0.05) is 6.07 Å². The van der Waals surface area contributed by atoms with Crippen molar-refractivity contribution in [1.82, 2.24) is 14.5 Å². The standard InChI is InChI=1S/C20H27N3O2/c1-15-11-17(23-8-7-21-14-23)4-3-16(15)13-22-9-10-25-20-6-5-18(24-2)12-19(20)22/h3-4,7-8,11,14,18-20H,5-6,9-10,12-13H2,1-2H3/t18-,19+,20-/m1/s1. The Bertz CT molecular complexity index is 701. The smallest absolute Gasteiger partial charge is 0.0991 e. The second-order valence-electron chi connectivity index (χ2n) is 7.20. The van der Waals surface area contributed by atoms with Gasteiger partial charge in [0.05, 0.1) is 25.1 Å². The molecule has 0 bridgehead atoms. The fraction of sp³-hybridized carbons (Fsp3) is 0.550. The fourth-order valence-electron chi connectivity index (χ4n) is 4.21. The van der Waals surface area contributed by atoms with E-state index in [9.17, 15) is 0 Å². The molecule has 1 aromatic heterocycles. The van der Waals surface area contributed by atoms with Crippen LogP contribution in [0.25, 0.3) is 5.69 Å². The maximum Gasteiger partial charge on any atom is 0.0991 e. The highest BCUT2D eigenvalue weighted by Gasteiger charge is 2.37. The minimum absolute atomic E-state index is 0.366. The normalized spacial score (nSPS) is 27.2. The summed E-state index contributed by atoms with van der Waals surface area (Å²) in [6.07, 6.45) is 9.67. The molecule has 0 spiro atoms. The van der Waals surface area contributed by atoms with Gasteiger partial charge in [0.25, 0.3) is 0 Å². The summed E-state index contributed by atoms with van der Waals surface area (Å²) in [6, 6.07) is 7.15. The lowest BCUT2D eigenvalue weighted by Crippen LogP contribution is -2.54. The van der Waals surface area contributed by atoms with E-state index in [1.165, 1.54) is 11.1 Å². The molecule has 2 fully saturated rings. The molecule has 0 amide bonds. The average molecular weight is 341 g/mol. The van der Waals surface area contributed by atoms with Crippen LogP contribution in [0.1, 0.15) is 30.4 Å². The van der Waals surface area contributed by atoms with Gasteiger partial charge >= 0.3 is 0 Å². The number of aryl methyl sites for hydroxylation is 1. The topological polar surface area (TPSA) is 39.5 Å². The van der Waals surface area contributed by atoms with Crippen LogP contribution < -0.4 is 0 Å². The number of imidazole rings is 1. The van der Waals surface area contributed by atoms with E-state index >= 15 is 0 Å². The Balaban J connectivity index is 1.50. The molecule has 4 rings (SSSR count). The van der Waals surface area contributed by atoms with E-state index in [0.717, 1.165) is 44.6 Å². The van der Waals surface area contributed by atoms with Crippen LogP contribution in [0, 0.1) is 6.92 Å². The van der Waals surface area contributed by atoms with Crippen molar-refractivity contribution in [2.75, 3.05) is 20.3 Å². The highest BCUT2D eigenvalue weighted by Crippen LogP contribution is 2.31. The SMILES string of the molecule is CO[C@@H]1CC[C@H]2OCCN(Cc3ccc(-n4ccnc4)cc3C)[C@H]2C1. The summed E-state index contributed by atoms with van der Waals surface area (Å²) < 4.78 is 13.7. The van der Waals surface area contributed by atoms with Crippen LogP contribution in [0.15, 0.2) is 36.9 Å². The van der Waals surface area contributed by atoms with E-state index in [0.29, 0.717) is 18.2 Å². The van der Waals surface area contributed by atoms with E-state index in [-0.39, 0.29) is 0 Å². The van der Waals surface area contributed by atoms with Gasteiger partial charge in [0, 0.05) is 44.3 Å². The van der Waals surface area contributed by atoms with Gasteiger partial charge in [-0.25, -0.2) is 4.98 Å². The zero-order valence-corrected chi connectivity index (χ0v) is 15.1. The van der Waals surface area contributed by atoms with Gasteiger partial charge in [0.15, 0.2) is 0 Å². The zero-order chi connectivity index (χ0) is 17.2. The van der Waals surface area contributed by atoms with Crippen molar-refractivity contribution in [3.63, 3.8) is 0 Å². The Labute approximate surface area is 149 Å². The molecule has 0 unspecified atom stereocenters. The van der Waals surface area contributed by atoms with Crippen LogP contribution in [0.4, 0.5) is 0 Å². The minimum Gasteiger partial charge on any atom is -0.381 e. The van der Waals surface area contributed by atoms with Crippen molar-refractivity contribution in [2.45, 2.75) is 51.0 Å². The first kappa shape index (κ1) is 16.8. The van der Waals surface area contributed by atoms with Crippen molar-refractivity contribution in [2.24, 2.45) is 0 Å². The first-order valence-electron chi connectivity index (χ1n) is 9.21. The Kier molecular flexibility index (Phi) is 4.88. The third-order valence-electron chi connectivity index (χ3n) is 5.72. The van der Waals surface area contributed by atoms with Gasteiger partial charge in [-0.2, -0.15) is 0 Å². The number of ether oxygens (including phenoxy) is 2. The van der Waals surface area contributed by atoms with Crippen LogP contribution in [-0.2, 0) is 16.0 Å². The highest BCUT2D eigenvalue weighted by atomic mass is 16.5. The van der Waals surface area contributed by atoms with E-state index in [1.54, 1.807) is 0 Å². The number of morpholine rings is 1. The van der Waals surface area contributed by atoms with Crippen LogP contribution in [0.5, 0.6) is 0 Å². The molecular formula is C20H27N3O2.